The molecule has 0 radical (unpaired) electrons. The van der Waals surface area contributed by atoms with E-state index in [-0.39, 0.29) is 5.78 Å². The van der Waals surface area contributed by atoms with E-state index in [2.05, 4.69) is 10.1 Å². The first kappa shape index (κ1) is 7.21. The summed E-state index contributed by atoms with van der Waals surface area (Å²) in [5.74, 6) is 0.187. The topological polar surface area (TPSA) is 47.8 Å². The predicted molar refractivity (Wildman–Crippen MR) is 43.2 cm³/mol. The maximum absolute atomic E-state index is 11.0. The minimum absolute atomic E-state index is 0.187. The van der Waals surface area contributed by atoms with Crippen molar-refractivity contribution in [1.82, 2.24) is 14.8 Å². The molecule has 0 unspecified atom stereocenters. The number of carbonyl (C=O) groups is 1. The number of carbonyl (C=O) groups excluding carboxylic acids is 1. The fourth-order valence-electron chi connectivity index (χ4n) is 1.31. The summed E-state index contributed by atoms with van der Waals surface area (Å²) in [4.78, 5) is 14.9. The van der Waals surface area contributed by atoms with Crippen LogP contribution in [0.5, 0.6) is 0 Å². The number of nitrogens with zero attached hydrogens (tertiary/aromatic N) is 3. The van der Waals surface area contributed by atoms with Gasteiger partial charge in [-0.3, -0.25) is 4.79 Å². The molecule has 1 aliphatic carbocycles. The van der Waals surface area contributed by atoms with Gasteiger partial charge in [-0.25, -0.2) is 9.67 Å². The molecule has 4 heteroatoms. The second kappa shape index (κ2) is 2.89. The molecule has 12 heavy (non-hydrogen) atoms. The molecule has 1 aromatic rings. The Labute approximate surface area is 69.9 Å². The Morgan fingerprint density at radius 3 is 3.00 bits per heavy atom. The van der Waals surface area contributed by atoms with Crippen LogP contribution in [0, 0.1) is 0 Å². The van der Waals surface area contributed by atoms with Gasteiger partial charge in [0.1, 0.15) is 12.7 Å². The third-order valence-electron chi connectivity index (χ3n) is 1.90. The van der Waals surface area contributed by atoms with E-state index in [1.54, 1.807) is 17.1 Å². The Bertz CT molecular complexity index is 313. The van der Waals surface area contributed by atoms with Gasteiger partial charge in [0.25, 0.3) is 0 Å². The van der Waals surface area contributed by atoms with Gasteiger partial charge in [0.05, 0.1) is 0 Å². The minimum atomic E-state index is 0.187. The van der Waals surface area contributed by atoms with Crippen LogP contribution in [0.15, 0.2) is 18.7 Å². The van der Waals surface area contributed by atoms with Crippen LogP contribution in [0.3, 0.4) is 0 Å². The van der Waals surface area contributed by atoms with Crippen LogP contribution in [-0.4, -0.2) is 20.5 Å². The molecule has 0 saturated carbocycles. The summed E-state index contributed by atoms with van der Waals surface area (Å²) in [6.07, 6.45) is 7.24. The molecule has 62 valence electrons. The number of ketones is 1. The summed E-state index contributed by atoms with van der Waals surface area (Å²) in [6, 6.07) is 0. The molecular formula is C8H9N3O. The third-order valence-corrected chi connectivity index (χ3v) is 1.90. The van der Waals surface area contributed by atoms with Crippen LogP contribution in [0.1, 0.15) is 19.3 Å². The normalized spacial score (nSPS) is 17.7. The summed E-state index contributed by atoms with van der Waals surface area (Å²) in [6.45, 7) is 0. The first-order valence-electron chi connectivity index (χ1n) is 3.94. The molecule has 0 bridgehead atoms. The van der Waals surface area contributed by atoms with Crippen molar-refractivity contribution in [2.24, 2.45) is 0 Å². The highest BCUT2D eigenvalue weighted by atomic mass is 16.1. The third kappa shape index (κ3) is 1.28. The van der Waals surface area contributed by atoms with Crippen LogP contribution < -0.4 is 0 Å². The van der Waals surface area contributed by atoms with Crippen molar-refractivity contribution < 1.29 is 4.79 Å². The smallest absolute Gasteiger partial charge is 0.157 e. The average Bonchev–Trinajstić information content (AvgIpc) is 2.56. The molecule has 1 heterocycles. The lowest BCUT2D eigenvalue weighted by atomic mass is 10.0. The summed E-state index contributed by atoms with van der Waals surface area (Å²) in [7, 11) is 0. The molecule has 0 aliphatic heterocycles. The Kier molecular flexibility index (Phi) is 1.74. The molecule has 1 aliphatic rings. The van der Waals surface area contributed by atoms with E-state index < -0.39 is 0 Å². The first-order chi connectivity index (χ1) is 5.86. The fourth-order valence-corrected chi connectivity index (χ4v) is 1.31. The lowest BCUT2D eigenvalue weighted by Crippen LogP contribution is -2.07. The highest BCUT2D eigenvalue weighted by Crippen LogP contribution is 2.17. The highest BCUT2D eigenvalue weighted by Gasteiger charge is 2.11. The number of hydrogen-bond donors (Lipinski definition) is 0. The van der Waals surface area contributed by atoms with Crippen LogP contribution in [0.25, 0.3) is 5.70 Å². The Morgan fingerprint density at radius 2 is 2.33 bits per heavy atom. The molecule has 0 spiro atoms. The molecule has 0 aromatic carbocycles. The van der Waals surface area contributed by atoms with Gasteiger partial charge in [-0.1, -0.05) is 0 Å². The molecule has 0 N–H and O–H groups in total. The maximum atomic E-state index is 11.0. The number of rotatable bonds is 1. The van der Waals surface area contributed by atoms with Crippen molar-refractivity contribution in [2.75, 3.05) is 0 Å². The van der Waals surface area contributed by atoms with Gasteiger partial charge in [-0.15, -0.1) is 0 Å². The minimum Gasteiger partial charge on any atom is -0.295 e. The molecule has 0 atom stereocenters. The van der Waals surface area contributed by atoms with Crippen molar-refractivity contribution >= 4 is 11.5 Å². The van der Waals surface area contributed by atoms with Gasteiger partial charge in [-0.05, 0) is 12.8 Å². The first-order valence-corrected chi connectivity index (χ1v) is 3.94. The van der Waals surface area contributed by atoms with Crippen molar-refractivity contribution in [2.45, 2.75) is 19.3 Å². The van der Waals surface area contributed by atoms with Gasteiger partial charge in [-0.2, -0.15) is 5.10 Å². The van der Waals surface area contributed by atoms with E-state index >= 15 is 0 Å². The zero-order valence-electron chi connectivity index (χ0n) is 6.60. The Morgan fingerprint density at radius 1 is 1.42 bits per heavy atom. The van der Waals surface area contributed by atoms with Gasteiger partial charge < -0.3 is 0 Å². The van der Waals surface area contributed by atoms with Crippen LogP contribution >= 0.6 is 0 Å². The number of hydrogen-bond acceptors (Lipinski definition) is 3. The molecule has 0 amide bonds. The largest absolute Gasteiger partial charge is 0.295 e. The predicted octanol–water partition coefficient (Wildman–Crippen LogP) is 0.872. The Hall–Kier alpha value is -1.45. The lowest BCUT2D eigenvalue weighted by molar-refractivity contribution is -0.114. The molecule has 0 fully saturated rings. The molecule has 4 nitrogen and oxygen atoms in total. The van der Waals surface area contributed by atoms with E-state index in [0.29, 0.717) is 6.42 Å². The van der Waals surface area contributed by atoms with E-state index in [1.807, 2.05) is 0 Å². The van der Waals surface area contributed by atoms with E-state index in [1.165, 1.54) is 6.33 Å². The summed E-state index contributed by atoms with van der Waals surface area (Å²) < 4.78 is 1.65. The molecule has 0 saturated heterocycles. The SMILES string of the molecule is O=C1C=C(n2cncn2)CCC1. The highest BCUT2D eigenvalue weighted by molar-refractivity contribution is 5.95. The van der Waals surface area contributed by atoms with Crippen molar-refractivity contribution in [1.29, 1.82) is 0 Å². The molecule has 1 aromatic heterocycles. The molecular weight excluding hydrogens is 154 g/mol. The number of aromatic nitrogens is 3. The fraction of sp³-hybridized carbons (Fsp3) is 0.375. The summed E-state index contributed by atoms with van der Waals surface area (Å²) in [5.41, 5.74) is 0.948. The Balaban J connectivity index is 2.29. The van der Waals surface area contributed by atoms with Crippen molar-refractivity contribution in [3.8, 4) is 0 Å². The zero-order chi connectivity index (χ0) is 8.39. The average molecular weight is 163 g/mol. The monoisotopic (exact) mass is 163 g/mol. The van der Waals surface area contributed by atoms with Gasteiger partial charge in [0.15, 0.2) is 5.78 Å². The summed E-state index contributed by atoms with van der Waals surface area (Å²) >= 11 is 0. The maximum Gasteiger partial charge on any atom is 0.157 e. The van der Waals surface area contributed by atoms with Crippen molar-refractivity contribution in [3.05, 3.63) is 18.7 Å². The van der Waals surface area contributed by atoms with E-state index in [0.717, 1.165) is 18.5 Å². The lowest BCUT2D eigenvalue weighted by Gasteiger charge is -2.10. The van der Waals surface area contributed by atoms with Crippen molar-refractivity contribution in [3.63, 3.8) is 0 Å². The standard InChI is InChI=1S/C8H9N3O/c12-8-3-1-2-7(4-8)11-6-9-5-10-11/h4-6H,1-3H2. The second-order valence-electron chi connectivity index (χ2n) is 2.80. The van der Waals surface area contributed by atoms with Crippen LogP contribution in [0.2, 0.25) is 0 Å². The summed E-state index contributed by atoms with van der Waals surface area (Å²) in [5, 5.41) is 3.96. The van der Waals surface area contributed by atoms with E-state index in [9.17, 15) is 4.79 Å². The second-order valence-corrected chi connectivity index (χ2v) is 2.80. The quantitative estimate of drug-likeness (QED) is 0.617. The number of allylic oxidation sites excluding steroid dienone is 2. The van der Waals surface area contributed by atoms with Crippen LogP contribution in [0.4, 0.5) is 0 Å². The van der Waals surface area contributed by atoms with E-state index in [4.69, 9.17) is 0 Å². The van der Waals surface area contributed by atoms with Gasteiger partial charge in [0.2, 0.25) is 0 Å². The van der Waals surface area contributed by atoms with Gasteiger partial charge in [0, 0.05) is 18.2 Å². The molecule has 2 rings (SSSR count). The van der Waals surface area contributed by atoms with Gasteiger partial charge >= 0.3 is 0 Å². The zero-order valence-corrected chi connectivity index (χ0v) is 6.60. The van der Waals surface area contributed by atoms with Crippen LogP contribution in [-0.2, 0) is 4.79 Å².